The van der Waals surface area contributed by atoms with Crippen LogP contribution in [0.2, 0.25) is 0 Å². The maximum atomic E-state index is 12.9. The third-order valence-corrected chi connectivity index (χ3v) is 4.71. The Kier molecular flexibility index (Phi) is 5.69. The summed E-state index contributed by atoms with van der Waals surface area (Å²) in [5.41, 5.74) is 2.16. The van der Waals surface area contributed by atoms with E-state index in [4.69, 9.17) is 9.47 Å². The smallest absolute Gasteiger partial charge is 0.256 e. The molecule has 0 saturated heterocycles. The summed E-state index contributed by atoms with van der Waals surface area (Å²) in [6.07, 6.45) is 3.80. The van der Waals surface area contributed by atoms with E-state index < -0.39 is 5.60 Å². The van der Waals surface area contributed by atoms with Gasteiger partial charge in [0.1, 0.15) is 11.4 Å². The molecule has 1 N–H and O–H groups in total. The van der Waals surface area contributed by atoms with Gasteiger partial charge in [0, 0.05) is 12.3 Å². The van der Waals surface area contributed by atoms with Crippen molar-refractivity contribution in [1.29, 1.82) is 0 Å². The van der Waals surface area contributed by atoms with Crippen LogP contribution in [0.5, 0.6) is 5.75 Å². The predicted molar refractivity (Wildman–Crippen MR) is 93.1 cm³/mol. The molecule has 1 amide bonds. The fourth-order valence-electron chi connectivity index (χ4n) is 3.77. The van der Waals surface area contributed by atoms with Crippen LogP contribution in [0.1, 0.15) is 50.7 Å². The number of hydrogen-bond acceptors (Lipinski definition) is 3. The second kappa shape index (κ2) is 7.35. The van der Waals surface area contributed by atoms with E-state index in [0.29, 0.717) is 12.5 Å². The summed E-state index contributed by atoms with van der Waals surface area (Å²) >= 11 is 0. The molecule has 2 atom stereocenters. The minimum Gasteiger partial charge on any atom is -0.496 e. The number of ether oxygens (including phenoxy) is 2. The third-order valence-electron chi connectivity index (χ3n) is 4.71. The highest BCUT2D eigenvalue weighted by Gasteiger charge is 2.42. The minimum atomic E-state index is -0.686. The van der Waals surface area contributed by atoms with Gasteiger partial charge >= 0.3 is 0 Å². The molecule has 1 fully saturated rings. The number of carbonyl (C=O) groups is 1. The van der Waals surface area contributed by atoms with Gasteiger partial charge in [-0.1, -0.05) is 13.3 Å². The summed E-state index contributed by atoms with van der Waals surface area (Å²) in [5, 5.41) is 3.07. The molecule has 0 aromatic heterocycles. The number of anilines is 1. The molecule has 1 saturated carbocycles. The number of benzene rings is 1. The Labute approximate surface area is 139 Å². The molecule has 0 unspecified atom stereocenters. The molecule has 1 aliphatic carbocycles. The van der Waals surface area contributed by atoms with Crippen molar-refractivity contribution in [2.24, 2.45) is 5.92 Å². The monoisotopic (exact) mass is 319 g/mol. The highest BCUT2D eigenvalue weighted by molar-refractivity contribution is 5.97. The first kappa shape index (κ1) is 17.8. The van der Waals surface area contributed by atoms with Crippen molar-refractivity contribution in [3.8, 4) is 5.75 Å². The van der Waals surface area contributed by atoms with Gasteiger partial charge in [0.2, 0.25) is 0 Å². The first-order valence-electron chi connectivity index (χ1n) is 8.52. The molecule has 0 spiro atoms. The van der Waals surface area contributed by atoms with E-state index in [1.807, 2.05) is 32.9 Å². The highest BCUT2D eigenvalue weighted by Crippen LogP contribution is 2.36. The molecule has 23 heavy (non-hydrogen) atoms. The van der Waals surface area contributed by atoms with E-state index in [9.17, 15) is 4.79 Å². The van der Waals surface area contributed by atoms with E-state index in [1.54, 1.807) is 7.11 Å². The van der Waals surface area contributed by atoms with Crippen LogP contribution in [-0.4, -0.2) is 25.2 Å². The average Bonchev–Trinajstić information content (AvgIpc) is 2.47. The lowest BCUT2D eigenvalue weighted by Gasteiger charge is -2.38. The molecule has 0 aliphatic heterocycles. The Balaban J connectivity index is 2.22. The van der Waals surface area contributed by atoms with E-state index in [-0.39, 0.29) is 5.91 Å². The molecule has 1 aliphatic rings. The van der Waals surface area contributed by atoms with Crippen molar-refractivity contribution in [2.45, 2.75) is 59.0 Å². The van der Waals surface area contributed by atoms with Crippen LogP contribution in [0.25, 0.3) is 0 Å². The van der Waals surface area contributed by atoms with Crippen molar-refractivity contribution in [1.82, 2.24) is 0 Å². The van der Waals surface area contributed by atoms with Crippen molar-refractivity contribution < 1.29 is 14.3 Å². The molecule has 4 heteroatoms. The van der Waals surface area contributed by atoms with Gasteiger partial charge in [-0.3, -0.25) is 4.79 Å². The molecular formula is C19H29NO3. The number of amides is 1. The van der Waals surface area contributed by atoms with Crippen molar-refractivity contribution >= 4 is 11.6 Å². The Morgan fingerprint density at radius 1 is 1.35 bits per heavy atom. The average molecular weight is 319 g/mol. The second-order valence-corrected chi connectivity index (χ2v) is 6.73. The quantitative estimate of drug-likeness (QED) is 0.883. The molecular weight excluding hydrogens is 290 g/mol. The number of aryl methyl sites for hydroxylation is 2. The van der Waals surface area contributed by atoms with Crippen molar-refractivity contribution in [2.75, 3.05) is 19.0 Å². The molecule has 0 bridgehead atoms. The number of carbonyl (C=O) groups excluding carboxylic acids is 1. The van der Waals surface area contributed by atoms with Crippen LogP contribution in [0.15, 0.2) is 12.1 Å². The summed E-state index contributed by atoms with van der Waals surface area (Å²) in [6.45, 7) is 8.68. The van der Waals surface area contributed by atoms with Gasteiger partial charge in [0.25, 0.3) is 5.91 Å². The summed E-state index contributed by atoms with van der Waals surface area (Å²) in [7, 11) is 1.67. The van der Waals surface area contributed by atoms with Crippen LogP contribution in [-0.2, 0) is 9.53 Å². The first-order chi connectivity index (χ1) is 10.9. The summed E-state index contributed by atoms with van der Waals surface area (Å²) in [6, 6.07) is 3.91. The number of methoxy groups -OCH3 is 1. The Morgan fingerprint density at radius 3 is 2.52 bits per heavy atom. The van der Waals surface area contributed by atoms with Gasteiger partial charge < -0.3 is 14.8 Å². The molecule has 1 aromatic rings. The van der Waals surface area contributed by atoms with Crippen LogP contribution in [0.3, 0.4) is 0 Å². The van der Waals surface area contributed by atoms with Gasteiger partial charge in [0.15, 0.2) is 0 Å². The van der Waals surface area contributed by atoms with Gasteiger partial charge in [-0.2, -0.15) is 0 Å². The lowest BCUT2D eigenvalue weighted by Crippen LogP contribution is -2.48. The van der Waals surface area contributed by atoms with Crippen LogP contribution in [0, 0.1) is 19.8 Å². The van der Waals surface area contributed by atoms with Crippen LogP contribution in [0.4, 0.5) is 5.69 Å². The number of nitrogens with one attached hydrogen (secondary N) is 1. The zero-order valence-corrected chi connectivity index (χ0v) is 15.0. The lowest BCUT2D eigenvalue weighted by atomic mass is 9.78. The summed E-state index contributed by atoms with van der Waals surface area (Å²) in [4.78, 5) is 12.9. The van der Waals surface area contributed by atoms with Gasteiger partial charge in [0.05, 0.1) is 7.11 Å². The standard InChI is InChI=1S/C19H29NO3/c1-6-23-19(9-7-8-13(2)12-19)18(21)20-16-10-14(3)17(22-5)15(4)11-16/h10-11,13H,6-9,12H2,1-5H3,(H,20,21)/t13-,19+/m1/s1. The minimum absolute atomic E-state index is 0.0186. The fourth-order valence-corrected chi connectivity index (χ4v) is 3.77. The molecule has 4 nitrogen and oxygen atoms in total. The predicted octanol–water partition coefficient (Wildman–Crippen LogP) is 4.24. The largest absolute Gasteiger partial charge is 0.496 e. The van der Waals surface area contributed by atoms with Crippen LogP contribution < -0.4 is 10.1 Å². The maximum Gasteiger partial charge on any atom is 0.256 e. The van der Waals surface area contributed by atoms with Crippen molar-refractivity contribution in [3.63, 3.8) is 0 Å². The van der Waals surface area contributed by atoms with Gasteiger partial charge in [-0.05, 0) is 69.2 Å². The molecule has 128 valence electrons. The third kappa shape index (κ3) is 3.86. The lowest BCUT2D eigenvalue weighted by molar-refractivity contribution is -0.147. The second-order valence-electron chi connectivity index (χ2n) is 6.73. The van der Waals surface area contributed by atoms with Gasteiger partial charge in [-0.25, -0.2) is 0 Å². The van der Waals surface area contributed by atoms with E-state index in [0.717, 1.165) is 41.8 Å². The summed E-state index contributed by atoms with van der Waals surface area (Å²) in [5.74, 6) is 1.36. The fraction of sp³-hybridized carbons (Fsp3) is 0.632. The van der Waals surface area contributed by atoms with E-state index in [2.05, 4.69) is 12.2 Å². The van der Waals surface area contributed by atoms with E-state index >= 15 is 0 Å². The molecule has 0 radical (unpaired) electrons. The molecule has 0 heterocycles. The molecule has 2 rings (SSSR count). The maximum absolute atomic E-state index is 12.9. The van der Waals surface area contributed by atoms with Gasteiger partial charge in [-0.15, -0.1) is 0 Å². The SMILES string of the molecule is CCO[C@@]1(C(=O)Nc2cc(C)c(OC)c(C)c2)CCC[C@@H](C)C1. The van der Waals surface area contributed by atoms with E-state index in [1.165, 1.54) is 6.42 Å². The first-order valence-corrected chi connectivity index (χ1v) is 8.52. The van der Waals surface area contributed by atoms with Crippen molar-refractivity contribution in [3.05, 3.63) is 23.3 Å². The Morgan fingerprint density at radius 2 is 2.00 bits per heavy atom. The summed E-state index contributed by atoms with van der Waals surface area (Å²) < 4.78 is 11.3. The number of hydrogen-bond donors (Lipinski definition) is 1. The van der Waals surface area contributed by atoms with Crippen LogP contribution >= 0.6 is 0 Å². The molecule has 1 aromatic carbocycles. The normalized spacial score (nSPS) is 24.3. The Hall–Kier alpha value is -1.55. The highest BCUT2D eigenvalue weighted by atomic mass is 16.5. The topological polar surface area (TPSA) is 47.6 Å². The zero-order chi connectivity index (χ0) is 17.0. The zero-order valence-electron chi connectivity index (χ0n) is 15.0. The number of rotatable bonds is 5. The Bertz CT molecular complexity index is 543.